The molecule has 0 aliphatic carbocycles. The topological polar surface area (TPSA) is 61.9 Å². The Hall–Kier alpha value is -1.30. The summed E-state index contributed by atoms with van der Waals surface area (Å²) in [5.74, 6) is 0.144. The number of urea groups is 1. The molecule has 120 valence electrons. The van der Waals surface area contributed by atoms with Gasteiger partial charge in [0.2, 0.25) is 5.91 Å². The van der Waals surface area contributed by atoms with Crippen molar-refractivity contribution in [2.75, 3.05) is 33.3 Å². The van der Waals surface area contributed by atoms with E-state index in [-0.39, 0.29) is 23.6 Å². The maximum Gasteiger partial charge on any atom is 0.317 e. The van der Waals surface area contributed by atoms with E-state index < -0.39 is 0 Å². The highest BCUT2D eigenvalue weighted by molar-refractivity contribution is 5.77. The molecule has 0 aromatic rings. The maximum absolute atomic E-state index is 12.1. The normalized spacial score (nSPS) is 23.9. The molecule has 3 amide bonds. The molecule has 0 saturated carbocycles. The van der Waals surface area contributed by atoms with Crippen molar-refractivity contribution >= 4 is 11.9 Å². The molecule has 0 aromatic carbocycles. The summed E-state index contributed by atoms with van der Waals surface area (Å²) < 4.78 is 5.98. The van der Waals surface area contributed by atoms with Gasteiger partial charge < -0.3 is 19.9 Å². The molecular weight excluding hydrogens is 270 g/mol. The highest BCUT2D eigenvalue weighted by Crippen LogP contribution is 2.32. The molecule has 0 radical (unpaired) electrons. The molecule has 21 heavy (non-hydrogen) atoms. The van der Waals surface area contributed by atoms with Crippen LogP contribution in [-0.4, -0.2) is 66.7 Å². The Kier molecular flexibility index (Phi) is 5.08. The standard InChI is InChI=1S/C15H27N3O3/c1-4-12(2)16-14(20)18-7-5-15(6-8-18)11-13(19)17(3)9-10-21-15/h12H,4-11H2,1-3H3,(H,16,20). The molecule has 0 aromatic heterocycles. The van der Waals surface area contributed by atoms with E-state index in [0.717, 1.165) is 19.3 Å². The fourth-order valence-corrected chi connectivity index (χ4v) is 2.83. The van der Waals surface area contributed by atoms with Crippen molar-refractivity contribution in [1.82, 2.24) is 15.1 Å². The molecular formula is C15H27N3O3. The zero-order valence-corrected chi connectivity index (χ0v) is 13.4. The van der Waals surface area contributed by atoms with Gasteiger partial charge in [-0.15, -0.1) is 0 Å². The molecule has 6 nitrogen and oxygen atoms in total. The SMILES string of the molecule is CCC(C)NC(=O)N1CCC2(CC1)CC(=O)N(C)CCO2. The van der Waals surface area contributed by atoms with Gasteiger partial charge in [0.1, 0.15) is 0 Å². The lowest BCUT2D eigenvalue weighted by atomic mass is 9.87. The van der Waals surface area contributed by atoms with Crippen LogP contribution in [-0.2, 0) is 9.53 Å². The molecule has 1 spiro atoms. The van der Waals surface area contributed by atoms with Crippen LogP contribution < -0.4 is 5.32 Å². The van der Waals surface area contributed by atoms with Crippen molar-refractivity contribution in [1.29, 1.82) is 0 Å². The van der Waals surface area contributed by atoms with E-state index in [2.05, 4.69) is 12.2 Å². The monoisotopic (exact) mass is 297 g/mol. The quantitative estimate of drug-likeness (QED) is 0.833. The number of nitrogens with zero attached hydrogens (tertiary/aromatic N) is 2. The molecule has 2 rings (SSSR count). The predicted octanol–water partition coefficient (Wildman–Crippen LogP) is 1.21. The van der Waals surface area contributed by atoms with E-state index in [1.165, 1.54) is 0 Å². The molecule has 1 atom stereocenters. The molecule has 1 N–H and O–H groups in total. The summed E-state index contributed by atoms with van der Waals surface area (Å²) in [6.07, 6.45) is 2.83. The van der Waals surface area contributed by atoms with Crippen LogP contribution in [0.5, 0.6) is 0 Å². The van der Waals surface area contributed by atoms with Gasteiger partial charge in [0, 0.05) is 32.7 Å². The fourth-order valence-electron chi connectivity index (χ4n) is 2.83. The lowest BCUT2D eigenvalue weighted by molar-refractivity contribution is -0.134. The summed E-state index contributed by atoms with van der Waals surface area (Å²) in [5, 5.41) is 2.99. The highest BCUT2D eigenvalue weighted by Gasteiger charge is 2.40. The summed E-state index contributed by atoms with van der Waals surface area (Å²) in [7, 11) is 1.82. The number of likely N-dealkylation sites (N-methyl/N-ethyl adjacent to an activating group) is 1. The predicted molar refractivity (Wildman–Crippen MR) is 80.0 cm³/mol. The van der Waals surface area contributed by atoms with Gasteiger partial charge >= 0.3 is 6.03 Å². The molecule has 2 fully saturated rings. The Balaban J connectivity index is 1.90. The van der Waals surface area contributed by atoms with Crippen molar-refractivity contribution in [3.05, 3.63) is 0 Å². The highest BCUT2D eigenvalue weighted by atomic mass is 16.5. The second-order valence-corrected chi connectivity index (χ2v) is 6.27. The zero-order chi connectivity index (χ0) is 15.5. The second-order valence-electron chi connectivity index (χ2n) is 6.27. The number of hydrogen-bond acceptors (Lipinski definition) is 3. The van der Waals surface area contributed by atoms with Crippen LogP contribution in [0.1, 0.15) is 39.5 Å². The molecule has 2 heterocycles. The van der Waals surface area contributed by atoms with Crippen molar-refractivity contribution in [3.8, 4) is 0 Å². The molecule has 0 bridgehead atoms. The molecule has 2 aliphatic heterocycles. The lowest BCUT2D eigenvalue weighted by Gasteiger charge is -2.40. The molecule has 2 aliphatic rings. The van der Waals surface area contributed by atoms with Crippen LogP contribution in [0.4, 0.5) is 4.79 Å². The number of carbonyl (C=O) groups is 2. The Morgan fingerprint density at radius 1 is 1.38 bits per heavy atom. The molecule has 6 heteroatoms. The summed E-state index contributed by atoms with van der Waals surface area (Å²) >= 11 is 0. The minimum Gasteiger partial charge on any atom is -0.372 e. The van der Waals surface area contributed by atoms with Gasteiger partial charge in [-0.2, -0.15) is 0 Å². The smallest absolute Gasteiger partial charge is 0.317 e. The summed E-state index contributed by atoms with van der Waals surface area (Å²) in [6.45, 7) is 6.60. The van der Waals surface area contributed by atoms with E-state index in [0.29, 0.717) is 32.7 Å². The van der Waals surface area contributed by atoms with E-state index in [9.17, 15) is 9.59 Å². The number of amides is 3. The van der Waals surface area contributed by atoms with Gasteiger partial charge in [-0.3, -0.25) is 4.79 Å². The zero-order valence-electron chi connectivity index (χ0n) is 13.4. The van der Waals surface area contributed by atoms with Gasteiger partial charge in [0.25, 0.3) is 0 Å². The average molecular weight is 297 g/mol. The number of rotatable bonds is 2. The van der Waals surface area contributed by atoms with Crippen molar-refractivity contribution in [2.45, 2.75) is 51.2 Å². The third kappa shape index (κ3) is 3.87. The van der Waals surface area contributed by atoms with Gasteiger partial charge in [0.15, 0.2) is 0 Å². The summed E-state index contributed by atoms with van der Waals surface area (Å²) in [5.41, 5.74) is -0.366. The first-order valence-electron chi connectivity index (χ1n) is 7.89. The Labute approximate surface area is 126 Å². The van der Waals surface area contributed by atoms with E-state index in [4.69, 9.17) is 4.74 Å². The lowest BCUT2D eigenvalue weighted by Crippen LogP contribution is -2.52. The van der Waals surface area contributed by atoms with E-state index >= 15 is 0 Å². The van der Waals surface area contributed by atoms with Gasteiger partial charge in [-0.1, -0.05) is 6.92 Å². The van der Waals surface area contributed by atoms with Crippen LogP contribution in [0, 0.1) is 0 Å². The first-order chi connectivity index (χ1) is 9.96. The first kappa shape index (κ1) is 16.1. The third-order valence-corrected chi connectivity index (χ3v) is 4.68. The number of carbonyl (C=O) groups excluding carboxylic acids is 2. The number of likely N-dealkylation sites (tertiary alicyclic amines) is 1. The Morgan fingerprint density at radius 3 is 2.67 bits per heavy atom. The van der Waals surface area contributed by atoms with Crippen LogP contribution in [0.3, 0.4) is 0 Å². The number of hydrogen-bond donors (Lipinski definition) is 1. The van der Waals surface area contributed by atoms with Crippen LogP contribution in [0.25, 0.3) is 0 Å². The number of piperidine rings is 1. The first-order valence-corrected chi connectivity index (χ1v) is 7.89. The van der Waals surface area contributed by atoms with E-state index in [1.54, 1.807) is 4.90 Å². The van der Waals surface area contributed by atoms with Crippen molar-refractivity contribution in [3.63, 3.8) is 0 Å². The Bertz CT molecular complexity index is 392. The van der Waals surface area contributed by atoms with Crippen LogP contribution in [0.15, 0.2) is 0 Å². The Morgan fingerprint density at radius 2 is 2.05 bits per heavy atom. The largest absolute Gasteiger partial charge is 0.372 e. The average Bonchev–Trinajstić information content (AvgIpc) is 2.59. The van der Waals surface area contributed by atoms with E-state index in [1.807, 2.05) is 18.9 Å². The number of ether oxygens (including phenoxy) is 1. The van der Waals surface area contributed by atoms with Crippen LogP contribution in [0.2, 0.25) is 0 Å². The minimum absolute atomic E-state index is 0.00346. The fraction of sp³-hybridized carbons (Fsp3) is 0.867. The van der Waals surface area contributed by atoms with Crippen molar-refractivity contribution < 1.29 is 14.3 Å². The minimum atomic E-state index is -0.366. The summed E-state index contributed by atoms with van der Waals surface area (Å²) in [4.78, 5) is 27.7. The van der Waals surface area contributed by atoms with Crippen molar-refractivity contribution in [2.24, 2.45) is 0 Å². The molecule has 2 saturated heterocycles. The maximum atomic E-state index is 12.1. The van der Waals surface area contributed by atoms with Crippen LogP contribution >= 0.6 is 0 Å². The number of nitrogens with one attached hydrogen (secondary N) is 1. The third-order valence-electron chi connectivity index (χ3n) is 4.68. The van der Waals surface area contributed by atoms with Gasteiger partial charge in [0.05, 0.1) is 18.6 Å². The van der Waals surface area contributed by atoms with Gasteiger partial charge in [-0.05, 0) is 26.2 Å². The van der Waals surface area contributed by atoms with Gasteiger partial charge in [-0.25, -0.2) is 4.79 Å². The summed E-state index contributed by atoms with van der Waals surface area (Å²) in [6, 6.07) is 0.189. The second kappa shape index (κ2) is 6.64. The molecule has 1 unspecified atom stereocenters.